The van der Waals surface area contributed by atoms with Gasteiger partial charge in [-0.1, -0.05) is 36.9 Å². The van der Waals surface area contributed by atoms with Crippen LogP contribution in [0, 0.1) is 0 Å². The van der Waals surface area contributed by atoms with Crippen molar-refractivity contribution < 1.29 is 0 Å². The first-order valence-corrected chi connectivity index (χ1v) is 9.76. The molecule has 0 atom stereocenters. The van der Waals surface area contributed by atoms with Gasteiger partial charge in [0.15, 0.2) is 0 Å². The molecule has 1 saturated heterocycles. The first-order valence-electron chi connectivity index (χ1n) is 9.38. The molecule has 142 valence electrons. The van der Waals surface area contributed by atoms with E-state index >= 15 is 0 Å². The number of fused-ring (bicyclic) bond motifs is 1. The van der Waals surface area contributed by atoms with Crippen LogP contribution in [-0.2, 0) is 0 Å². The molecule has 1 aliphatic rings. The number of nitrogens with zero attached hydrogens (tertiary/aromatic N) is 4. The normalized spacial score (nSPS) is 14.4. The van der Waals surface area contributed by atoms with Gasteiger partial charge in [-0.2, -0.15) is 0 Å². The number of allylic oxidation sites excluding steroid dienone is 1. The summed E-state index contributed by atoms with van der Waals surface area (Å²) in [6.45, 7) is 14.3. The van der Waals surface area contributed by atoms with E-state index in [0.717, 1.165) is 65.3 Å². The number of halogens is 1. The first-order chi connectivity index (χ1) is 13.5. The molecule has 0 saturated carbocycles. The third-order valence-electron chi connectivity index (χ3n) is 5.27. The van der Waals surface area contributed by atoms with Gasteiger partial charge in [0.1, 0.15) is 0 Å². The van der Waals surface area contributed by atoms with Crippen molar-refractivity contribution in [2.45, 2.75) is 6.92 Å². The maximum Gasteiger partial charge on any atom is 0.0731 e. The summed E-state index contributed by atoms with van der Waals surface area (Å²) in [5.41, 5.74) is 5.94. The summed E-state index contributed by atoms with van der Waals surface area (Å²) in [6, 6.07) is 12.0. The lowest BCUT2D eigenvalue weighted by molar-refractivity contribution is 0.215. The molecule has 2 aromatic heterocycles. The Balaban J connectivity index is 1.64. The molecule has 1 aromatic carbocycles. The summed E-state index contributed by atoms with van der Waals surface area (Å²) in [7, 11) is 0. The van der Waals surface area contributed by atoms with Crippen LogP contribution >= 0.6 is 11.6 Å². The molecule has 0 spiro atoms. The average Bonchev–Trinajstić information content (AvgIpc) is 2.73. The van der Waals surface area contributed by atoms with E-state index in [2.05, 4.69) is 47.0 Å². The molecule has 0 unspecified atom stereocenters. The molecule has 0 aliphatic carbocycles. The molecule has 28 heavy (non-hydrogen) atoms. The number of hydrogen-bond acceptors (Lipinski definition) is 4. The number of aromatic nitrogens is 2. The van der Waals surface area contributed by atoms with Gasteiger partial charge in [-0.15, -0.1) is 0 Å². The quantitative estimate of drug-likeness (QED) is 0.622. The van der Waals surface area contributed by atoms with E-state index in [9.17, 15) is 0 Å². The maximum atomic E-state index is 6.54. The summed E-state index contributed by atoms with van der Waals surface area (Å²) >= 11 is 6.54. The van der Waals surface area contributed by atoms with E-state index in [-0.39, 0.29) is 0 Å². The van der Waals surface area contributed by atoms with Crippen LogP contribution in [0.1, 0.15) is 12.5 Å². The van der Waals surface area contributed by atoms with E-state index < -0.39 is 0 Å². The van der Waals surface area contributed by atoms with Crippen LogP contribution in [0.25, 0.3) is 27.9 Å². The van der Waals surface area contributed by atoms with Crippen molar-refractivity contribution in [3.63, 3.8) is 0 Å². The molecule has 4 nitrogen and oxygen atoms in total. The van der Waals surface area contributed by atoms with Gasteiger partial charge in [0.05, 0.1) is 16.2 Å². The van der Waals surface area contributed by atoms with Crippen LogP contribution in [0.5, 0.6) is 0 Å². The van der Waals surface area contributed by atoms with E-state index in [4.69, 9.17) is 16.6 Å². The van der Waals surface area contributed by atoms with Gasteiger partial charge >= 0.3 is 0 Å². The monoisotopic (exact) mass is 390 g/mol. The highest BCUT2D eigenvalue weighted by molar-refractivity contribution is 6.35. The first kappa shape index (κ1) is 18.5. The summed E-state index contributed by atoms with van der Waals surface area (Å²) in [6.07, 6.45) is 3.52. The molecule has 1 fully saturated rings. The van der Waals surface area contributed by atoms with Crippen LogP contribution < -0.4 is 0 Å². The fraction of sp³-hybridized carbons (Fsp3) is 0.217. The van der Waals surface area contributed by atoms with E-state index in [1.165, 1.54) is 0 Å². The van der Waals surface area contributed by atoms with Gasteiger partial charge < -0.3 is 9.80 Å². The van der Waals surface area contributed by atoms with E-state index in [1.54, 1.807) is 12.4 Å². The SMILES string of the molecule is C=C(C)N1CCN(C(=C)c2ccc3c(Cl)cc(-c4ccncc4)nc3c2)CC1. The summed E-state index contributed by atoms with van der Waals surface area (Å²) in [5.74, 6) is 0. The second-order valence-corrected chi connectivity index (χ2v) is 7.52. The van der Waals surface area contributed by atoms with Gasteiger partial charge in [0.2, 0.25) is 0 Å². The number of piperazine rings is 1. The summed E-state index contributed by atoms with van der Waals surface area (Å²) in [4.78, 5) is 13.6. The fourth-order valence-corrected chi connectivity index (χ4v) is 3.84. The van der Waals surface area contributed by atoms with Gasteiger partial charge in [-0.05, 0) is 36.8 Å². The molecule has 1 aliphatic heterocycles. The largest absolute Gasteiger partial charge is 0.372 e. The van der Waals surface area contributed by atoms with Crippen molar-refractivity contribution in [3.05, 3.63) is 78.2 Å². The Morgan fingerprint density at radius 1 is 0.964 bits per heavy atom. The highest BCUT2D eigenvalue weighted by Crippen LogP contribution is 2.30. The van der Waals surface area contributed by atoms with Crippen LogP contribution in [-0.4, -0.2) is 45.9 Å². The van der Waals surface area contributed by atoms with Gasteiger partial charge in [0.25, 0.3) is 0 Å². The molecule has 0 N–H and O–H groups in total. The minimum atomic E-state index is 0.698. The Kier molecular flexibility index (Phi) is 5.05. The Morgan fingerprint density at radius 3 is 2.32 bits per heavy atom. The minimum Gasteiger partial charge on any atom is -0.372 e. The number of pyridine rings is 2. The fourth-order valence-electron chi connectivity index (χ4n) is 3.58. The molecule has 5 heteroatoms. The molecule has 0 amide bonds. The lowest BCUT2D eigenvalue weighted by Gasteiger charge is -2.38. The lowest BCUT2D eigenvalue weighted by Crippen LogP contribution is -2.44. The highest BCUT2D eigenvalue weighted by atomic mass is 35.5. The van der Waals surface area contributed by atoms with Crippen LogP contribution in [0.3, 0.4) is 0 Å². The standard InChI is InChI=1S/C23H23ClN4/c1-16(2)27-10-12-28(13-11-27)17(3)19-4-5-20-21(24)15-22(26-23(20)14-19)18-6-8-25-9-7-18/h4-9,14-15H,1,3,10-13H2,2H3. The van der Waals surface area contributed by atoms with E-state index in [1.807, 2.05) is 24.3 Å². The molecule has 3 aromatic rings. The minimum absolute atomic E-state index is 0.698. The van der Waals surface area contributed by atoms with Gasteiger partial charge in [0, 0.05) is 60.9 Å². The second-order valence-electron chi connectivity index (χ2n) is 7.11. The Hall–Kier alpha value is -2.85. The molecule has 4 rings (SSSR count). The molecular weight excluding hydrogens is 368 g/mol. The van der Waals surface area contributed by atoms with Crippen LogP contribution in [0.15, 0.2) is 67.6 Å². The van der Waals surface area contributed by atoms with Crippen LogP contribution in [0.4, 0.5) is 0 Å². The topological polar surface area (TPSA) is 32.3 Å². The Morgan fingerprint density at radius 2 is 1.64 bits per heavy atom. The highest BCUT2D eigenvalue weighted by Gasteiger charge is 2.18. The average molecular weight is 391 g/mol. The number of benzene rings is 1. The van der Waals surface area contributed by atoms with Crippen molar-refractivity contribution in [2.24, 2.45) is 0 Å². The molecule has 0 bridgehead atoms. The third-order valence-corrected chi connectivity index (χ3v) is 5.58. The molecule has 3 heterocycles. The molecule has 0 radical (unpaired) electrons. The zero-order valence-corrected chi connectivity index (χ0v) is 16.8. The van der Waals surface area contributed by atoms with Gasteiger partial charge in [-0.3, -0.25) is 4.98 Å². The number of hydrogen-bond donors (Lipinski definition) is 0. The van der Waals surface area contributed by atoms with Crippen molar-refractivity contribution in [1.82, 2.24) is 19.8 Å². The van der Waals surface area contributed by atoms with Gasteiger partial charge in [-0.25, -0.2) is 4.98 Å². The predicted octanol–water partition coefficient (Wildman–Crippen LogP) is 5.07. The predicted molar refractivity (Wildman–Crippen MR) is 117 cm³/mol. The number of rotatable bonds is 4. The molecular formula is C23H23ClN4. The zero-order chi connectivity index (χ0) is 19.7. The Bertz CT molecular complexity index is 1040. The van der Waals surface area contributed by atoms with Crippen molar-refractivity contribution >= 4 is 28.2 Å². The maximum absolute atomic E-state index is 6.54. The summed E-state index contributed by atoms with van der Waals surface area (Å²) in [5, 5.41) is 1.65. The van der Waals surface area contributed by atoms with Crippen molar-refractivity contribution in [3.8, 4) is 11.3 Å². The summed E-state index contributed by atoms with van der Waals surface area (Å²) < 4.78 is 0. The van der Waals surface area contributed by atoms with Crippen molar-refractivity contribution in [2.75, 3.05) is 26.2 Å². The Labute approximate surface area is 170 Å². The third kappa shape index (κ3) is 3.60. The van der Waals surface area contributed by atoms with E-state index in [0.29, 0.717) is 5.02 Å². The zero-order valence-electron chi connectivity index (χ0n) is 16.0. The smallest absolute Gasteiger partial charge is 0.0731 e. The van der Waals surface area contributed by atoms with Crippen LogP contribution in [0.2, 0.25) is 5.02 Å². The second kappa shape index (κ2) is 7.64. The lowest BCUT2D eigenvalue weighted by atomic mass is 10.1. The van der Waals surface area contributed by atoms with Crippen molar-refractivity contribution in [1.29, 1.82) is 0 Å².